The maximum atomic E-state index is 13.5. The van der Waals surface area contributed by atoms with Crippen LogP contribution in [0.4, 0.5) is 0 Å². The Labute approximate surface area is 375 Å². The molecule has 4 N–H and O–H groups in total. The molecule has 10 rings (SSSR count). The zero-order valence-corrected chi connectivity index (χ0v) is 37.4. The fourth-order valence-corrected chi connectivity index (χ4v) is 12.3. The van der Waals surface area contributed by atoms with Gasteiger partial charge in [-0.25, -0.2) is 0 Å². The van der Waals surface area contributed by atoms with Crippen molar-refractivity contribution in [3.05, 3.63) is 79.6 Å². The SMILES string of the molecule is C/C=C/c1ccc2n(c1=O)C[C@H]1[C@H](CO)[C@@H](C(=O)NC3CCCCC3)N(C(=O)C3CC3)[C@@H]21.C/C=C\c1ccc2n(c1=O)C[C@H]1[C@H](CO)[C@@H](C(=O)NC3CCCCC3)N(C(=O)C3CC3)[C@@H]21. The molecule has 14 heteroatoms. The summed E-state index contributed by atoms with van der Waals surface area (Å²) in [6, 6.07) is 5.71. The second-order valence-corrected chi connectivity index (χ2v) is 19.8. The first-order valence-electron chi connectivity index (χ1n) is 24.3. The summed E-state index contributed by atoms with van der Waals surface area (Å²) in [5, 5.41) is 27.1. The lowest BCUT2D eigenvalue weighted by Crippen LogP contribution is -2.53. The van der Waals surface area contributed by atoms with Crippen LogP contribution in [0.5, 0.6) is 0 Å². The zero-order chi connectivity index (χ0) is 44.8. The lowest BCUT2D eigenvalue weighted by atomic mass is 9.87. The van der Waals surface area contributed by atoms with Gasteiger partial charge in [0.2, 0.25) is 23.6 Å². The van der Waals surface area contributed by atoms with E-state index in [1.54, 1.807) is 43.2 Å². The van der Waals surface area contributed by atoms with Gasteiger partial charge in [-0.1, -0.05) is 62.8 Å². The minimum atomic E-state index is -0.677. The molecule has 0 radical (unpaired) electrons. The monoisotopic (exact) mass is 878 g/mol. The number of rotatable bonds is 10. The number of nitrogens with one attached hydrogen (secondary N) is 2. The van der Waals surface area contributed by atoms with Gasteiger partial charge in [-0.05, 0) is 89.5 Å². The molecule has 14 nitrogen and oxygen atoms in total. The van der Waals surface area contributed by atoms with E-state index in [0.717, 1.165) is 88.4 Å². The lowest BCUT2D eigenvalue weighted by molar-refractivity contribution is -0.143. The van der Waals surface area contributed by atoms with E-state index in [0.29, 0.717) is 24.2 Å². The number of nitrogens with zero attached hydrogens (tertiary/aromatic N) is 4. The Hall–Kier alpha value is -4.82. The Kier molecular flexibility index (Phi) is 12.9. The summed E-state index contributed by atoms with van der Waals surface area (Å²) < 4.78 is 3.49. The highest BCUT2D eigenvalue weighted by molar-refractivity contribution is 5.92. The standard InChI is InChI=1S/2C25H33N3O4/c2*1-2-6-15-11-12-20-21-18(13-27(20)24(15)31)19(14-29)22(28(21)25(32)16-9-10-16)23(30)26-17-7-4-3-5-8-17/h2*2,6,11-12,16-19,21-22,29H,3-5,7-10,13-14H2,1H3,(H,26,30)/b6-2+;6-2-/t2*18-,19-,21+,22-/m00/s1. The van der Waals surface area contributed by atoms with E-state index in [9.17, 15) is 39.0 Å². The van der Waals surface area contributed by atoms with Crippen LogP contribution in [0.15, 0.2) is 46.0 Å². The molecule has 0 aromatic carbocycles. The van der Waals surface area contributed by atoms with Gasteiger partial charge in [-0.2, -0.15) is 0 Å². The van der Waals surface area contributed by atoms with Crippen molar-refractivity contribution < 1.29 is 29.4 Å². The molecule has 4 aliphatic heterocycles. The van der Waals surface area contributed by atoms with Crippen LogP contribution in [0.25, 0.3) is 12.2 Å². The molecule has 8 aliphatic rings. The summed E-state index contributed by atoms with van der Waals surface area (Å²) >= 11 is 0. The first kappa shape index (κ1) is 44.4. The number of pyridine rings is 2. The van der Waals surface area contributed by atoms with Gasteiger partial charge in [0.05, 0.1) is 12.1 Å². The first-order valence-corrected chi connectivity index (χ1v) is 24.3. The molecule has 0 unspecified atom stereocenters. The Morgan fingerprint density at radius 1 is 0.578 bits per heavy atom. The molecule has 0 bridgehead atoms. The van der Waals surface area contributed by atoms with E-state index in [1.807, 2.05) is 38.1 Å². The van der Waals surface area contributed by atoms with Crippen molar-refractivity contribution in [1.29, 1.82) is 0 Å². The molecule has 4 amide bonds. The largest absolute Gasteiger partial charge is 0.396 e. The van der Waals surface area contributed by atoms with E-state index in [2.05, 4.69) is 10.6 Å². The maximum Gasteiger partial charge on any atom is 0.258 e. The van der Waals surface area contributed by atoms with Crippen molar-refractivity contribution >= 4 is 35.8 Å². The van der Waals surface area contributed by atoms with Crippen LogP contribution in [0, 0.1) is 35.5 Å². The van der Waals surface area contributed by atoms with Crippen LogP contribution < -0.4 is 21.8 Å². The van der Waals surface area contributed by atoms with Crippen molar-refractivity contribution in [2.75, 3.05) is 13.2 Å². The van der Waals surface area contributed by atoms with Gasteiger partial charge in [0.25, 0.3) is 11.1 Å². The number of allylic oxidation sites excluding steroid dienone is 2. The van der Waals surface area contributed by atoms with Gasteiger partial charge in [0, 0.05) is 96.4 Å². The molecule has 4 saturated carbocycles. The van der Waals surface area contributed by atoms with Gasteiger partial charge < -0.3 is 39.8 Å². The Morgan fingerprint density at radius 2 is 0.953 bits per heavy atom. The molecule has 2 aromatic rings. The molecule has 64 heavy (non-hydrogen) atoms. The fraction of sp³-hybridized carbons (Fsp3) is 0.640. The van der Waals surface area contributed by atoms with E-state index in [4.69, 9.17) is 0 Å². The smallest absolute Gasteiger partial charge is 0.258 e. The number of likely N-dealkylation sites (tertiary alicyclic amines) is 2. The molecule has 6 fully saturated rings. The predicted octanol–water partition coefficient (Wildman–Crippen LogP) is 4.46. The van der Waals surface area contributed by atoms with E-state index >= 15 is 0 Å². The molecular formula is C50H66N6O8. The summed E-state index contributed by atoms with van der Waals surface area (Å²) in [4.78, 5) is 83.5. The van der Waals surface area contributed by atoms with Crippen molar-refractivity contribution in [1.82, 2.24) is 29.6 Å². The molecule has 344 valence electrons. The number of fused-ring (bicyclic) bond motifs is 6. The Morgan fingerprint density at radius 3 is 1.28 bits per heavy atom. The average molecular weight is 879 g/mol. The molecule has 4 aliphatic carbocycles. The van der Waals surface area contributed by atoms with Crippen LogP contribution in [0.2, 0.25) is 0 Å². The summed E-state index contributed by atoms with van der Waals surface area (Å²) in [6.07, 6.45) is 21.4. The van der Waals surface area contributed by atoms with Crippen molar-refractivity contribution in [3.8, 4) is 0 Å². The van der Waals surface area contributed by atoms with Gasteiger partial charge >= 0.3 is 0 Å². The van der Waals surface area contributed by atoms with Crippen molar-refractivity contribution in [2.45, 2.75) is 153 Å². The van der Waals surface area contributed by atoms with E-state index in [-0.39, 0.29) is 108 Å². The number of aromatic nitrogens is 2. The number of aliphatic hydroxyl groups is 2. The third-order valence-corrected chi connectivity index (χ3v) is 15.7. The maximum absolute atomic E-state index is 13.5. The third-order valence-electron chi connectivity index (χ3n) is 15.7. The van der Waals surface area contributed by atoms with Crippen LogP contribution >= 0.6 is 0 Å². The zero-order valence-electron chi connectivity index (χ0n) is 37.4. The lowest BCUT2D eigenvalue weighted by Gasteiger charge is -2.33. The number of carbonyl (C=O) groups is 4. The molecule has 2 saturated heterocycles. The molecule has 0 spiro atoms. The molecule has 2 aromatic heterocycles. The summed E-state index contributed by atoms with van der Waals surface area (Å²) in [6.45, 7) is 4.25. The number of hydrogen-bond acceptors (Lipinski definition) is 8. The number of aliphatic hydroxyl groups excluding tert-OH is 2. The topological polar surface area (TPSA) is 183 Å². The van der Waals surface area contributed by atoms with Crippen LogP contribution in [0.3, 0.4) is 0 Å². The normalized spacial score (nSPS) is 29.9. The minimum absolute atomic E-state index is 0.00169. The number of carbonyl (C=O) groups excluding carboxylic acids is 4. The first-order chi connectivity index (χ1) is 31.1. The summed E-state index contributed by atoms with van der Waals surface area (Å²) in [5.41, 5.74) is 2.65. The average Bonchev–Trinajstić information content (AvgIpc) is 4.21. The minimum Gasteiger partial charge on any atom is -0.396 e. The van der Waals surface area contributed by atoms with Crippen LogP contribution in [0.1, 0.15) is 138 Å². The van der Waals surface area contributed by atoms with Crippen molar-refractivity contribution in [3.63, 3.8) is 0 Å². The third kappa shape index (κ3) is 8.11. The van der Waals surface area contributed by atoms with E-state index in [1.165, 1.54) is 12.8 Å². The Bertz CT molecular complexity index is 2140. The molecular weight excluding hydrogens is 813 g/mol. The van der Waals surface area contributed by atoms with Crippen LogP contribution in [-0.4, -0.2) is 90.2 Å². The molecule has 6 heterocycles. The second-order valence-electron chi connectivity index (χ2n) is 19.8. The number of hydrogen-bond donors (Lipinski definition) is 4. The fourth-order valence-electron chi connectivity index (χ4n) is 12.3. The van der Waals surface area contributed by atoms with E-state index < -0.39 is 12.1 Å². The highest BCUT2D eigenvalue weighted by Gasteiger charge is 2.60. The quantitative estimate of drug-likeness (QED) is 0.270. The number of amides is 4. The second kappa shape index (κ2) is 18.6. The summed E-state index contributed by atoms with van der Waals surface area (Å²) in [5.74, 6) is -1.40. The highest BCUT2D eigenvalue weighted by atomic mass is 16.3. The van der Waals surface area contributed by atoms with Gasteiger partial charge in [-0.3, -0.25) is 28.8 Å². The van der Waals surface area contributed by atoms with Gasteiger partial charge in [-0.15, -0.1) is 0 Å². The highest BCUT2D eigenvalue weighted by Crippen LogP contribution is 2.53. The summed E-state index contributed by atoms with van der Waals surface area (Å²) in [7, 11) is 0. The van der Waals surface area contributed by atoms with Gasteiger partial charge in [0.1, 0.15) is 12.1 Å². The molecule has 8 atom stereocenters. The predicted molar refractivity (Wildman–Crippen MR) is 241 cm³/mol. The Balaban J connectivity index is 0.000000162. The van der Waals surface area contributed by atoms with Gasteiger partial charge in [0.15, 0.2) is 0 Å². The van der Waals surface area contributed by atoms with Crippen molar-refractivity contribution in [2.24, 2.45) is 35.5 Å². The van der Waals surface area contributed by atoms with Crippen LogP contribution in [-0.2, 0) is 32.3 Å².